The molecule has 1 aliphatic rings. The van der Waals surface area contributed by atoms with Gasteiger partial charge in [-0.15, -0.1) is 0 Å². The van der Waals surface area contributed by atoms with Crippen LogP contribution in [0.25, 0.3) is 0 Å². The van der Waals surface area contributed by atoms with Crippen molar-refractivity contribution < 1.29 is 0 Å². The lowest BCUT2D eigenvalue weighted by Crippen LogP contribution is -1.37. The molecule has 0 saturated heterocycles. The van der Waals surface area contributed by atoms with Crippen LogP contribution in [0.5, 0.6) is 0 Å². The highest BCUT2D eigenvalue weighted by Crippen LogP contribution is 1.93. The van der Waals surface area contributed by atoms with Gasteiger partial charge in [0, 0.05) is 0 Å². The molecule has 0 unspecified atom stereocenters. The van der Waals surface area contributed by atoms with Gasteiger partial charge in [0.2, 0.25) is 0 Å². The molecule has 0 fully saturated rings. The first-order valence-corrected chi connectivity index (χ1v) is 2.52. The fourth-order valence-corrected chi connectivity index (χ4v) is 0.393. The van der Waals surface area contributed by atoms with Crippen LogP contribution in [0.2, 0.25) is 0 Å². The smallest absolute Gasteiger partial charge is 0.0746 e. The molecular formula is C8H15+. The largest absolute Gasteiger partial charge is 0.0808 e. The summed E-state index contributed by atoms with van der Waals surface area (Å²) in [5.41, 5.74) is 0. The molecule has 0 saturated carbocycles. The van der Waals surface area contributed by atoms with Crippen LogP contribution in [0.1, 0.15) is 20.8 Å². The van der Waals surface area contributed by atoms with E-state index in [2.05, 4.69) is 31.2 Å². The highest BCUT2D eigenvalue weighted by atomic mass is 13.8. The standard InChI is InChI=1S/C5H6.C2H5.CH4/c1-2-4-5-3-1;1-2;/h1-4H,5H2;1H2,2H3;1H4/q;+1;. The Hall–Kier alpha value is -0.650. The van der Waals surface area contributed by atoms with Gasteiger partial charge >= 0.3 is 0 Å². The highest BCUT2D eigenvalue weighted by Gasteiger charge is 1.72. The van der Waals surface area contributed by atoms with Gasteiger partial charge in [-0.2, -0.15) is 0 Å². The number of rotatable bonds is 0. The first-order chi connectivity index (χ1) is 3.50. The Morgan fingerprint density at radius 3 is 1.62 bits per heavy atom. The molecule has 0 N–H and O–H groups in total. The zero-order valence-electron chi connectivity index (χ0n) is 4.72. The van der Waals surface area contributed by atoms with Crippen molar-refractivity contribution in [1.82, 2.24) is 0 Å². The summed E-state index contributed by atoms with van der Waals surface area (Å²) >= 11 is 0. The summed E-state index contributed by atoms with van der Waals surface area (Å²) in [5, 5.41) is 0. The Morgan fingerprint density at radius 1 is 1.12 bits per heavy atom. The minimum atomic E-state index is 0. The van der Waals surface area contributed by atoms with Crippen LogP contribution in [0.3, 0.4) is 0 Å². The predicted octanol–water partition coefficient (Wildman–Crippen LogP) is 2.98. The maximum absolute atomic E-state index is 3.25. The third-order valence-corrected chi connectivity index (χ3v) is 0.655. The van der Waals surface area contributed by atoms with Crippen LogP contribution in [0, 0.1) is 6.92 Å². The van der Waals surface area contributed by atoms with Gasteiger partial charge in [0.1, 0.15) is 0 Å². The van der Waals surface area contributed by atoms with Gasteiger partial charge in [-0.05, 0) is 6.42 Å². The van der Waals surface area contributed by atoms with Gasteiger partial charge in [-0.1, -0.05) is 31.7 Å². The van der Waals surface area contributed by atoms with E-state index in [-0.39, 0.29) is 7.43 Å². The van der Waals surface area contributed by atoms with E-state index in [1.165, 1.54) is 0 Å². The lowest BCUT2D eigenvalue weighted by atomic mass is 10.5. The molecule has 0 atom stereocenters. The van der Waals surface area contributed by atoms with Crippen LogP contribution in [-0.2, 0) is 0 Å². The van der Waals surface area contributed by atoms with Crippen molar-refractivity contribution >= 4 is 0 Å². The van der Waals surface area contributed by atoms with Gasteiger partial charge in [-0.3, -0.25) is 0 Å². The van der Waals surface area contributed by atoms with Crippen molar-refractivity contribution in [2.75, 3.05) is 0 Å². The molecule has 0 spiro atoms. The molecule has 0 aliphatic heterocycles. The lowest BCUT2D eigenvalue weighted by Gasteiger charge is -1.57. The van der Waals surface area contributed by atoms with E-state index in [0.29, 0.717) is 0 Å². The van der Waals surface area contributed by atoms with Crippen molar-refractivity contribution in [2.24, 2.45) is 0 Å². The van der Waals surface area contributed by atoms with Gasteiger partial charge in [-0.25, -0.2) is 0 Å². The van der Waals surface area contributed by atoms with Gasteiger partial charge < -0.3 is 0 Å². The fourth-order valence-electron chi connectivity index (χ4n) is 0.393. The topological polar surface area (TPSA) is 0 Å². The average Bonchev–Trinajstić information content (AvgIpc) is 2.23. The van der Waals surface area contributed by atoms with Crippen LogP contribution < -0.4 is 0 Å². The van der Waals surface area contributed by atoms with E-state index < -0.39 is 0 Å². The van der Waals surface area contributed by atoms with Crippen LogP contribution in [-0.4, -0.2) is 0 Å². The maximum Gasteiger partial charge on any atom is 0.0746 e. The van der Waals surface area contributed by atoms with Crippen molar-refractivity contribution in [2.45, 2.75) is 20.8 Å². The van der Waals surface area contributed by atoms with E-state index in [0.717, 1.165) is 6.42 Å². The highest BCUT2D eigenvalue weighted by molar-refractivity contribution is 5.11. The van der Waals surface area contributed by atoms with Crippen molar-refractivity contribution in [3.05, 3.63) is 31.2 Å². The molecule has 46 valence electrons. The maximum atomic E-state index is 3.25. The summed E-state index contributed by atoms with van der Waals surface area (Å²) in [4.78, 5) is 0. The molecule has 0 bridgehead atoms. The summed E-state index contributed by atoms with van der Waals surface area (Å²) in [6, 6.07) is 0. The Labute approximate surface area is 52.9 Å². The second kappa shape index (κ2) is 9.61. The Morgan fingerprint density at radius 2 is 1.50 bits per heavy atom. The Bertz CT molecular complexity index is 58.1. The molecule has 0 aromatic carbocycles. The van der Waals surface area contributed by atoms with Crippen molar-refractivity contribution in [3.8, 4) is 0 Å². The minimum Gasteiger partial charge on any atom is -0.0808 e. The number of hydrogen-bond acceptors (Lipinski definition) is 0. The summed E-state index contributed by atoms with van der Waals surface area (Å²) in [6.07, 6.45) is 9.50. The average molecular weight is 111 g/mol. The molecule has 0 aromatic heterocycles. The fraction of sp³-hybridized carbons (Fsp3) is 0.375. The zero-order valence-corrected chi connectivity index (χ0v) is 4.72. The van der Waals surface area contributed by atoms with Crippen LogP contribution in [0.4, 0.5) is 0 Å². The van der Waals surface area contributed by atoms with E-state index in [4.69, 9.17) is 0 Å². The first-order valence-electron chi connectivity index (χ1n) is 2.52. The van der Waals surface area contributed by atoms with E-state index >= 15 is 0 Å². The lowest BCUT2D eigenvalue weighted by molar-refractivity contribution is 1.45. The Balaban J connectivity index is 0. The molecule has 0 amide bonds. The predicted molar refractivity (Wildman–Crippen MR) is 40.7 cm³/mol. The summed E-state index contributed by atoms with van der Waals surface area (Å²) < 4.78 is 0. The number of hydrogen-bond donors (Lipinski definition) is 0. The third-order valence-electron chi connectivity index (χ3n) is 0.655. The molecule has 1 rings (SSSR count). The molecule has 0 radical (unpaired) electrons. The summed E-state index contributed by atoms with van der Waals surface area (Å²) in [6.45, 7) is 5.00. The van der Waals surface area contributed by atoms with E-state index in [9.17, 15) is 0 Å². The normalized spacial score (nSPS) is 11.6. The quantitative estimate of drug-likeness (QED) is 0.421. The van der Waals surface area contributed by atoms with Gasteiger partial charge in [0.15, 0.2) is 0 Å². The first kappa shape index (κ1) is 10.4. The number of allylic oxidation sites excluding steroid dienone is 4. The monoisotopic (exact) mass is 111 g/mol. The van der Waals surface area contributed by atoms with Crippen LogP contribution in [0.15, 0.2) is 24.3 Å². The molecule has 0 heteroatoms. The second-order valence-electron chi connectivity index (χ2n) is 1.09. The van der Waals surface area contributed by atoms with Crippen molar-refractivity contribution in [1.29, 1.82) is 0 Å². The zero-order chi connectivity index (χ0) is 5.54. The summed E-state index contributed by atoms with van der Waals surface area (Å²) in [7, 11) is 0. The second-order valence-corrected chi connectivity index (χ2v) is 1.09. The van der Waals surface area contributed by atoms with Crippen molar-refractivity contribution in [3.63, 3.8) is 0 Å². The SMILES string of the molecule is C.C1=CCC=C1.[CH2+]C. The molecule has 0 heterocycles. The van der Waals surface area contributed by atoms with Gasteiger partial charge in [0.25, 0.3) is 0 Å². The molecular weight excluding hydrogens is 96.1 g/mol. The van der Waals surface area contributed by atoms with E-state index in [1.54, 1.807) is 6.92 Å². The van der Waals surface area contributed by atoms with Crippen LogP contribution >= 0.6 is 0 Å². The third kappa shape index (κ3) is 5.35. The summed E-state index contributed by atoms with van der Waals surface area (Å²) in [5.74, 6) is 0. The van der Waals surface area contributed by atoms with E-state index in [1.807, 2.05) is 0 Å². The minimum absolute atomic E-state index is 0. The molecule has 8 heavy (non-hydrogen) atoms. The Kier molecular flexibility index (Phi) is 12.4. The molecule has 0 nitrogen and oxygen atoms in total. The molecule has 1 aliphatic carbocycles. The van der Waals surface area contributed by atoms with Gasteiger partial charge in [0.05, 0.1) is 13.8 Å². The molecule has 0 aromatic rings.